The van der Waals surface area contributed by atoms with Gasteiger partial charge in [-0.2, -0.15) is 15.2 Å². The highest BCUT2D eigenvalue weighted by Crippen LogP contribution is 2.38. The van der Waals surface area contributed by atoms with Crippen molar-refractivity contribution in [1.82, 2.24) is 45.5 Å². The summed E-state index contributed by atoms with van der Waals surface area (Å²) in [6.45, 7) is -0.124. The second-order valence-corrected chi connectivity index (χ2v) is 19.5. The average Bonchev–Trinajstić information content (AvgIpc) is 3.95. The molecule has 25 heteroatoms. The summed E-state index contributed by atoms with van der Waals surface area (Å²) >= 11 is 6.36. The van der Waals surface area contributed by atoms with Crippen molar-refractivity contribution in [2.24, 2.45) is 14.1 Å². The fourth-order valence-electron chi connectivity index (χ4n) is 10.2. The molecular weight excluding hydrogens is 1010 g/mol. The van der Waals surface area contributed by atoms with E-state index in [4.69, 9.17) is 11.6 Å². The van der Waals surface area contributed by atoms with Crippen molar-refractivity contribution in [3.63, 3.8) is 0 Å². The van der Waals surface area contributed by atoms with Gasteiger partial charge in [0.2, 0.25) is 35.5 Å². The minimum Gasteiger partial charge on any atom is -0.376 e. The average molecular weight is 1060 g/mol. The zero-order valence-corrected chi connectivity index (χ0v) is 41.9. The Morgan fingerprint density at radius 1 is 0.716 bits per heavy atom. The molecule has 8 heterocycles. The summed E-state index contributed by atoms with van der Waals surface area (Å²) in [5.41, 5.74) is 6.05. The van der Waals surface area contributed by atoms with Crippen LogP contribution in [0.3, 0.4) is 0 Å². The Morgan fingerprint density at radius 3 is 1.84 bits per heavy atom. The van der Waals surface area contributed by atoms with Crippen LogP contribution in [0.2, 0.25) is 5.02 Å². The molecule has 6 N–H and O–H groups in total. The molecule has 6 aromatic rings. The topological polar surface area (TPSA) is 225 Å². The van der Waals surface area contributed by atoms with Crippen molar-refractivity contribution in [3.8, 4) is 0 Å². The van der Waals surface area contributed by atoms with E-state index in [0.717, 1.165) is 27.5 Å². The lowest BCUT2D eigenvalue weighted by atomic mass is 9.92. The lowest BCUT2D eigenvalue weighted by Crippen LogP contribution is -2.55. The first-order valence-electron chi connectivity index (χ1n) is 23.9. The highest BCUT2D eigenvalue weighted by atomic mass is 35.5. The first-order chi connectivity index (χ1) is 34.8. The fraction of sp³-hybridized carbons (Fsp3) is 0.408. The molecule has 74 heavy (non-hydrogen) atoms. The summed E-state index contributed by atoms with van der Waals surface area (Å²) in [5.74, 6) is -7.90. The Labute approximate surface area is 431 Å². The molecule has 5 amide bonds. The molecule has 4 saturated heterocycles. The maximum absolute atomic E-state index is 15.6. The number of imide groups is 2. The number of aryl methyl sites for hydroxylation is 2. The Balaban J connectivity index is 0.000000205. The van der Waals surface area contributed by atoms with Gasteiger partial charge in [0.15, 0.2) is 5.82 Å². The quantitative estimate of drug-likeness (QED) is 0.0717. The van der Waals surface area contributed by atoms with E-state index in [1.807, 2.05) is 12.1 Å². The first kappa shape index (κ1) is 51.8. The molecular formula is C49H52Cl2F4N14O5. The predicted molar refractivity (Wildman–Crippen MR) is 272 cm³/mol. The number of amides is 5. The summed E-state index contributed by atoms with van der Waals surface area (Å²) in [4.78, 5) is 71.4. The number of benzene rings is 3. The van der Waals surface area contributed by atoms with E-state index in [2.05, 4.69) is 52.1 Å². The second-order valence-electron chi connectivity index (χ2n) is 19.0. The van der Waals surface area contributed by atoms with Crippen LogP contribution < -0.4 is 41.7 Å². The molecule has 11 rings (SSSR count). The van der Waals surface area contributed by atoms with Gasteiger partial charge in [-0.15, -0.1) is 12.4 Å². The number of halogens is 6. The Hall–Kier alpha value is -7.11. The molecule has 3 aromatic carbocycles. The van der Waals surface area contributed by atoms with Crippen molar-refractivity contribution >= 4 is 110 Å². The van der Waals surface area contributed by atoms with Gasteiger partial charge in [-0.25, -0.2) is 22.5 Å². The summed E-state index contributed by atoms with van der Waals surface area (Å²) in [5, 5.41) is 27.2. The van der Waals surface area contributed by atoms with Gasteiger partial charge >= 0.3 is 0 Å². The van der Waals surface area contributed by atoms with Gasteiger partial charge in [0.1, 0.15) is 5.02 Å². The van der Waals surface area contributed by atoms with Crippen LogP contribution in [0.25, 0.3) is 21.8 Å². The molecule has 3 aromatic heterocycles. The zero-order chi connectivity index (χ0) is 51.5. The molecule has 390 valence electrons. The lowest BCUT2D eigenvalue weighted by Gasteiger charge is -2.39. The van der Waals surface area contributed by atoms with Crippen molar-refractivity contribution in [1.29, 1.82) is 0 Å². The van der Waals surface area contributed by atoms with Crippen LogP contribution in [0.15, 0.2) is 60.8 Å². The monoisotopic (exact) mass is 1060 g/mol. The van der Waals surface area contributed by atoms with E-state index in [0.29, 0.717) is 66.2 Å². The maximum Gasteiger partial charge on any atom is 0.284 e. The number of carbonyl (C=O) groups is 5. The summed E-state index contributed by atoms with van der Waals surface area (Å²) < 4.78 is 62.6. The van der Waals surface area contributed by atoms with Gasteiger partial charge in [0.25, 0.3) is 11.8 Å². The highest BCUT2D eigenvalue weighted by molar-refractivity contribution is 6.33. The van der Waals surface area contributed by atoms with E-state index in [9.17, 15) is 32.8 Å². The molecule has 5 aliphatic rings. The van der Waals surface area contributed by atoms with Crippen LogP contribution in [0.4, 0.5) is 52.1 Å². The van der Waals surface area contributed by atoms with Crippen LogP contribution in [0, 0.1) is 0 Å². The van der Waals surface area contributed by atoms with Crippen LogP contribution in [-0.2, 0) is 44.5 Å². The smallest absolute Gasteiger partial charge is 0.284 e. The number of alkyl halides is 4. The molecule has 4 atom stereocenters. The van der Waals surface area contributed by atoms with E-state index in [-0.39, 0.29) is 91.1 Å². The normalized spacial score (nSPS) is 22.4. The largest absolute Gasteiger partial charge is 0.376 e. The van der Waals surface area contributed by atoms with Gasteiger partial charge in [-0.1, -0.05) is 11.6 Å². The fourth-order valence-corrected chi connectivity index (χ4v) is 10.3. The van der Waals surface area contributed by atoms with Crippen molar-refractivity contribution < 1.29 is 41.5 Å². The van der Waals surface area contributed by atoms with Gasteiger partial charge in [0.05, 0.1) is 72.0 Å². The third-order valence-corrected chi connectivity index (χ3v) is 14.4. The Kier molecular flexibility index (Phi) is 14.2. The Morgan fingerprint density at radius 2 is 1.28 bits per heavy atom. The van der Waals surface area contributed by atoms with Crippen LogP contribution in [-0.4, -0.2) is 116 Å². The number of hydrogen-bond acceptors (Lipinski definition) is 14. The van der Waals surface area contributed by atoms with Gasteiger partial charge in [-0.05, 0) is 92.4 Å². The van der Waals surface area contributed by atoms with E-state index >= 15 is 8.78 Å². The summed E-state index contributed by atoms with van der Waals surface area (Å²) in [6.07, 6.45) is 3.40. The predicted octanol–water partition coefficient (Wildman–Crippen LogP) is 6.05. The number of piperidine rings is 4. The number of carbonyl (C=O) groups excluding carboxylic acids is 5. The Bertz CT molecular complexity index is 3230. The zero-order valence-electron chi connectivity index (χ0n) is 40.3. The highest BCUT2D eigenvalue weighted by Gasteiger charge is 2.46. The van der Waals surface area contributed by atoms with E-state index in [1.54, 1.807) is 77.9 Å². The van der Waals surface area contributed by atoms with Crippen LogP contribution in [0.5, 0.6) is 0 Å². The van der Waals surface area contributed by atoms with E-state index in [1.165, 1.54) is 11.1 Å². The molecule has 4 fully saturated rings. The molecule has 4 unspecified atom stereocenters. The number of likely N-dealkylation sites (N-methyl/N-ethyl adjacent to an activating group) is 1. The molecule has 0 aliphatic carbocycles. The minimum absolute atomic E-state index is 0. The second kappa shape index (κ2) is 20.3. The molecule has 0 bridgehead atoms. The lowest BCUT2D eigenvalue weighted by molar-refractivity contribution is -0.135. The number of hydrogen-bond donors (Lipinski definition) is 6. The number of nitrogens with zero attached hydrogens (tertiary/aromatic N) is 8. The number of nitrogens with one attached hydrogen (secondary N) is 6. The molecule has 19 nitrogen and oxygen atoms in total. The third-order valence-electron chi connectivity index (χ3n) is 14.1. The maximum atomic E-state index is 15.6. The van der Waals surface area contributed by atoms with Crippen LogP contribution in [0.1, 0.15) is 67.3 Å². The number of rotatable bonds is 9. The van der Waals surface area contributed by atoms with E-state index < -0.39 is 42.3 Å². The van der Waals surface area contributed by atoms with Crippen molar-refractivity contribution in [2.75, 3.05) is 59.0 Å². The number of fused-ring (bicyclic) bond motifs is 3. The number of anilines is 6. The SMILES string of the molecule is CN1C(=O)Cc2cc(Nc3nc(N4CCC(Nc5ccc6c(C7CCC(=O)NC7=O)nn(C)c6c5)C(F)(F)C4)ncc3Cl)ccc21.Cl.Cn1nc(C2CCC(=O)NC2=O)c2ccc(NC3CCNCC3(F)F)cc21. The third kappa shape index (κ3) is 10.2. The van der Waals surface area contributed by atoms with Crippen molar-refractivity contribution in [3.05, 3.63) is 82.8 Å². The number of aromatic nitrogens is 6. The summed E-state index contributed by atoms with van der Waals surface area (Å²) in [6, 6.07) is 13.9. The minimum atomic E-state index is -3.13. The molecule has 0 radical (unpaired) electrons. The standard InChI is InChI=1S/C31H30ClF2N9O3.C18H21F2N5O2.ClH/c1-41-22-7-4-17(11-16(22)12-26(41)45)37-28-21(32)14-35-30(39-28)43-10-9-24(31(33,34)15-43)36-18-3-5-19-23(13-18)42(2)40-27(19)20-6-8-25(44)38-29(20)46;1-25-13-8-10(22-14-6-7-21-9-18(14,19)20)2-3-11(13)16(24-25)12-4-5-15(26)23-17(12)27;/h3-5,7,11,13-14,20,24,36H,6,8-10,12,15H2,1-2H3,(H,35,37,39)(H,38,44,46);2-3,8,12,14,21-22H,4-7,9H2,1H3,(H,23,26,27);1H. The molecule has 0 saturated carbocycles. The first-order valence-corrected chi connectivity index (χ1v) is 24.2. The summed E-state index contributed by atoms with van der Waals surface area (Å²) in [7, 11) is 5.21. The van der Waals surface area contributed by atoms with Crippen molar-refractivity contribution in [2.45, 2.75) is 80.7 Å². The molecule has 0 spiro atoms. The van der Waals surface area contributed by atoms with Gasteiger partial charge in [0, 0.05) is 74.1 Å². The van der Waals surface area contributed by atoms with Gasteiger partial charge in [-0.3, -0.25) is 44.0 Å². The van der Waals surface area contributed by atoms with Crippen LogP contribution >= 0.6 is 24.0 Å². The molecule has 5 aliphatic heterocycles. The van der Waals surface area contributed by atoms with Gasteiger partial charge < -0.3 is 31.1 Å².